The van der Waals surface area contributed by atoms with Gasteiger partial charge in [0.05, 0.1) is 11.7 Å². The van der Waals surface area contributed by atoms with Crippen LogP contribution in [-0.4, -0.2) is 27.4 Å². The van der Waals surface area contributed by atoms with E-state index in [0.717, 1.165) is 12.8 Å². The molecule has 6 heteroatoms. The third-order valence-corrected chi connectivity index (χ3v) is 2.99. The summed E-state index contributed by atoms with van der Waals surface area (Å²) in [6.45, 7) is 6.85. The molecular formula is C14H24N2O4. The smallest absolute Gasteiger partial charge is 0.331 e. The maximum absolute atomic E-state index is 11.7. The van der Waals surface area contributed by atoms with Crippen LogP contribution in [0.3, 0.4) is 0 Å². The highest BCUT2D eigenvalue weighted by atomic mass is 16.5. The fourth-order valence-corrected chi connectivity index (χ4v) is 1.97. The molecule has 0 saturated carbocycles. The standard InChI is InChI=1S/C14H24N2O4/c1-4-7-11-12(17)15-14(19)16(13(11)18)8-5-6-9-20-10(2)3/h10,18H,4-9H2,1-3H3,(H,15,17,19). The highest BCUT2D eigenvalue weighted by Gasteiger charge is 2.12. The average molecular weight is 284 g/mol. The number of hydrogen-bond acceptors (Lipinski definition) is 4. The largest absolute Gasteiger partial charge is 0.494 e. The molecule has 1 rings (SSSR count). The van der Waals surface area contributed by atoms with E-state index in [2.05, 4.69) is 4.98 Å². The normalized spacial score (nSPS) is 11.2. The van der Waals surface area contributed by atoms with Crippen molar-refractivity contribution in [2.45, 2.75) is 59.1 Å². The van der Waals surface area contributed by atoms with Gasteiger partial charge in [-0.05, 0) is 33.1 Å². The van der Waals surface area contributed by atoms with Crippen molar-refractivity contribution in [2.75, 3.05) is 6.61 Å². The monoisotopic (exact) mass is 284 g/mol. The number of rotatable bonds is 8. The highest BCUT2D eigenvalue weighted by molar-refractivity contribution is 5.22. The Morgan fingerprint density at radius 1 is 1.30 bits per heavy atom. The zero-order valence-electron chi connectivity index (χ0n) is 12.4. The van der Waals surface area contributed by atoms with E-state index < -0.39 is 11.2 Å². The molecule has 0 bridgehead atoms. The number of H-pyrrole nitrogens is 1. The molecule has 0 saturated heterocycles. The van der Waals surface area contributed by atoms with Gasteiger partial charge in [0.25, 0.3) is 5.56 Å². The average Bonchev–Trinajstić information content (AvgIpc) is 2.37. The van der Waals surface area contributed by atoms with Crippen LogP contribution in [0, 0.1) is 0 Å². The Morgan fingerprint density at radius 3 is 2.60 bits per heavy atom. The summed E-state index contributed by atoms with van der Waals surface area (Å²) in [4.78, 5) is 25.6. The lowest BCUT2D eigenvalue weighted by atomic mass is 10.2. The van der Waals surface area contributed by atoms with Gasteiger partial charge in [-0.3, -0.25) is 14.3 Å². The first kappa shape index (κ1) is 16.5. The molecule has 20 heavy (non-hydrogen) atoms. The second-order valence-corrected chi connectivity index (χ2v) is 5.09. The lowest BCUT2D eigenvalue weighted by molar-refractivity contribution is 0.0752. The van der Waals surface area contributed by atoms with E-state index in [1.165, 1.54) is 4.57 Å². The summed E-state index contributed by atoms with van der Waals surface area (Å²) in [6.07, 6.45) is 2.88. The van der Waals surface area contributed by atoms with E-state index in [0.29, 0.717) is 26.0 Å². The summed E-state index contributed by atoms with van der Waals surface area (Å²) in [5, 5.41) is 10.0. The molecule has 0 amide bonds. The predicted molar refractivity (Wildman–Crippen MR) is 77.3 cm³/mol. The van der Waals surface area contributed by atoms with Gasteiger partial charge in [-0.25, -0.2) is 4.79 Å². The SMILES string of the molecule is CCCc1c(O)n(CCCCOC(C)C)c(=O)[nH]c1=O. The third kappa shape index (κ3) is 4.52. The van der Waals surface area contributed by atoms with Gasteiger partial charge in [0.15, 0.2) is 0 Å². The summed E-state index contributed by atoms with van der Waals surface area (Å²) >= 11 is 0. The molecule has 1 heterocycles. The summed E-state index contributed by atoms with van der Waals surface area (Å²) in [6, 6.07) is 0. The predicted octanol–water partition coefficient (Wildman–Crippen LogP) is 1.40. The molecule has 2 N–H and O–H groups in total. The van der Waals surface area contributed by atoms with Crippen molar-refractivity contribution in [3.8, 4) is 5.88 Å². The quantitative estimate of drug-likeness (QED) is 0.707. The van der Waals surface area contributed by atoms with Gasteiger partial charge >= 0.3 is 5.69 Å². The number of hydrogen-bond donors (Lipinski definition) is 2. The molecule has 0 aliphatic heterocycles. The third-order valence-electron chi connectivity index (χ3n) is 2.99. The van der Waals surface area contributed by atoms with Crippen LogP contribution in [0.15, 0.2) is 9.59 Å². The Morgan fingerprint density at radius 2 is 2.00 bits per heavy atom. The molecule has 0 fully saturated rings. The minimum atomic E-state index is -0.558. The van der Waals surface area contributed by atoms with Crippen molar-refractivity contribution in [3.05, 3.63) is 26.4 Å². The Kier molecular flexibility index (Phi) is 6.51. The summed E-state index contributed by atoms with van der Waals surface area (Å²) in [5.41, 5.74) is -0.767. The fraction of sp³-hybridized carbons (Fsp3) is 0.714. The second kappa shape index (κ2) is 7.89. The zero-order chi connectivity index (χ0) is 15.1. The molecule has 0 aliphatic carbocycles. The van der Waals surface area contributed by atoms with Crippen LogP contribution in [0.2, 0.25) is 0 Å². The molecule has 0 unspecified atom stereocenters. The van der Waals surface area contributed by atoms with Crippen molar-refractivity contribution in [1.82, 2.24) is 9.55 Å². The fourth-order valence-electron chi connectivity index (χ4n) is 1.97. The highest BCUT2D eigenvalue weighted by Crippen LogP contribution is 2.12. The molecule has 0 spiro atoms. The number of nitrogens with one attached hydrogen (secondary N) is 1. The number of ether oxygens (including phenoxy) is 1. The number of aromatic amines is 1. The van der Waals surface area contributed by atoms with Gasteiger partial charge in [0.1, 0.15) is 0 Å². The first-order valence-electron chi connectivity index (χ1n) is 7.14. The first-order chi connectivity index (χ1) is 9.47. The minimum absolute atomic E-state index is 0.190. The van der Waals surface area contributed by atoms with Gasteiger partial charge in [-0.15, -0.1) is 0 Å². The van der Waals surface area contributed by atoms with Crippen LogP contribution < -0.4 is 11.2 Å². The molecule has 0 atom stereocenters. The molecule has 1 aromatic rings. The maximum atomic E-state index is 11.7. The van der Waals surface area contributed by atoms with E-state index in [9.17, 15) is 14.7 Å². The topological polar surface area (TPSA) is 84.3 Å². The van der Waals surface area contributed by atoms with E-state index in [1.807, 2.05) is 20.8 Å². The number of nitrogens with zero attached hydrogens (tertiary/aromatic N) is 1. The van der Waals surface area contributed by atoms with Crippen LogP contribution in [-0.2, 0) is 17.7 Å². The van der Waals surface area contributed by atoms with Crippen molar-refractivity contribution in [1.29, 1.82) is 0 Å². The van der Waals surface area contributed by atoms with Crippen LogP contribution >= 0.6 is 0 Å². The molecule has 1 aromatic heterocycles. The molecule has 0 aromatic carbocycles. The minimum Gasteiger partial charge on any atom is -0.494 e. The molecule has 0 aliphatic rings. The van der Waals surface area contributed by atoms with Gasteiger partial charge in [-0.1, -0.05) is 13.3 Å². The zero-order valence-corrected chi connectivity index (χ0v) is 12.4. The number of aromatic nitrogens is 2. The summed E-state index contributed by atoms with van der Waals surface area (Å²) < 4.78 is 6.64. The second-order valence-electron chi connectivity index (χ2n) is 5.09. The Labute approximate surface area is 118 Å². The first-order valence-corrected chi connectivity index (χ1v) is 7.14. The van der Waals surface area contributed by atoms with E-state index >= 15 is 0 Å². The van der Waals surface area contributed by atoms with Gasteiger partial charge in [0.2, 0.25) is 5.88 Å². The molecule has 6 nitrogen and oxygen atoms in total. The molecule has 114 valence electrons. The van der Waals surface area contributed by atoms with Crippen molar-refractivity contribution in [2.24, 2.45) is 0 Å². The van der Waals surface area contributed by atoms with Gasteiger partial charge in [-0.2, -0.15) is 0 Å². The molecular weight excluding hydrogens is 260 g/mol. The van der Waals surface area contributed by atoms with E-state index in [4.69, 9.17) is 4.74 Å². The van der Waals surface area contributed by atoms with Gasteiger partial charge in [0, 0.05) is 13.2 Å². The van der Waals surface area contributed by atoms with Crippen LogP contribution in [0.25, 0.3) is 0 Å². The maximum Gasteiger partial charge on any atom is 0.331 e. The Balaban J connectivity index is 2.72. The van der Waals surface area contributed by atoms with E-state index in [1.54, 1.807) is 0 Å². The van der Waals surface area contributed by atoms with Crippen LogP contribution in [0.5, 0.6) is 5.88 Å². The lowest BCUT2D eigenvalue weighted by Gasteiger charge is -2.11. The lowest BCUT2D eigenvalue weighted by Crippen LogP contribution is -2.32. The van der Waals surface area contributed by atoms with Crippen molar-refractivity contribution in [3.63, 3.8) is 0 Å². The summed E-state index contributed by atoms with van der Waals surface area (Å²) in [5.74, 6) is -0.203. The van der Waals surface area contributed by atoms with Crippen LogP contribution in [0.1, 0.15) is 45.6 Å². The molecule has 0 radical (unpaired) electrons. The number of unbranched alkanes of at least 4 members (excludes halogenated alkanes) is 1. The Hall–Kier alpha value is -1.56. The Bertz CT molecular complexity index is 531. The van der Waals surface area contributed by atoms with Crippen molar-refractivity contribution < 1.29 is 9.84 Å². The van der Waals surface area contributed by atoms with Crippen molar-refractivity contribution >= 4 is 0 Å². The van der Waals surface area contributed by atoms with E-state index in [-0.39, 0.29) is 17.5 Å². The van der Waals surface area contributed by atoms with Crippen LogP contribution in [0.4, 0.5) is 0 Å². The number of aromatic hydroxyl groups is 1. The summed E-state index contributed by atoms with van der Waals surface area (Å²) in [7, 11) is 0. The van der Waals surface area contributed by atoms with Gasteiger partial charge < -0.3 is 9.84 Å².